The minimum atomic E-state index is -4.53. The molecule has 2 N–H and O–H groups in total. The van der Waals surface area contributed by atoms with Gasteiger partial charge in [-0.25, -0.2) is 0 Å². The van der Waals surface area contributed by atoms with Crippen LogP contribution in [0.4, 0.5) is 13.2 Å². The smallest absolute Gasteiger partial charge is 0.397 e. The largest absolute Gasteiger partial charge is 0.506 e. The lowest BCUT2D eigenvalue weighted by Crippen LogP contribution is -2.48. The van der Waals surface area contributed by atoms with E-state index in [1.807, 2.05) is 0 Å². The van der Waals surface area contributed by atoms with Crippen LogP contribution in [0.15, 0.2) is 12.1 Å². The van der Waals surface area contributed by atoms with Crippen molar-refractivity contribution in [1.82, 2.24) is 10.2 Å². The molecule has 0 spiro atoms. The molecule has 3 atom stereocenters. The van der Waals surface area contributed by atoms with Gasteiger partial charge in [0, 0.05) is 23.7 Å². The second-order valence-corrected chi connectivity index (χ2v) is 7.43. The number of hydrogen-bond donors (Lipinski definition) is 2. The van der Waals surface area contributed by atoms with Crippen LogP contribution in [0, 0.1) is 5.92 Å². The number of fused-ring (bicyclic) bond motifs is 2. The maximum Gasteiger partial charge on any atom is 0.397 e. The highest BCUT2D eigenvalue weighted by Gasteiger charge is 2.48. The first-order chi connectivity index (χ1) is 12.0. The number of alkyl halides is 3. The van der Waals surface area contributed by atoms with Crippen LogP contribution < -0.4 is 5.32 Å². The van der Waals surface area contributed by atoms with Gasteiger partial charge < -0.3 is 15.3 Å². The normalized spacial score (nSPS) is 24.8. The summed E-state index contributed by atoms with van der Waals surface area (Å²) in [7, 11) is 0. The van der Waals surface area contributed by atoms with Gasteiger partial charge in [-0.1, -0.05) is 23.2 Å². The second-order valence-electron chi connectivity index (χ2n) is 6.59. The predicted octanol–water partition coefficient (Wildman–Crippen LogP) is 3.37. The molecule has 1 saturated heterocycles. The summed E-state index contributed by atoms with van der Waals surface area (Å²) in [6.07, 6.45) is -5.09. The van der Waals surface area contributed by atoms with Crippen LogP contribution in [0.2, 0.25) is 10.0 Å². The first-order valence-corrected chi connectivity index (χ1v) is 8.66. The van der Waals surface area contributed by atoms with E-state index in [-0.39, 0.29) is 40.2 Å². The molecule has 142 valence electrons. The molecule has 26 heavy (non-hydrogen) atoms. The van der Waals surface area contributed by atoms with E-state index < -0.39 is 30.2 Å². The number of hydrogen-bond acceptors (Lipinski definition) is 3. The van der Waals surface area contributed by atoms with E-state index in [4.69, 9.17) is 23.2 Å². The number of likely N-dealkylation sites (tertiary alicyclic amines) is 1. The molecule has 5 nitrogen and oxygen atoms in total. The van der Waals surface area contributed by atoms with Gasteiger partial charge in [-0.3, -0.25) is 9.59 Å². The number of phenols is 1. The average Bonchev–Trinajstić information content (AvgIpc) is 3.09. The quantitative estimate of drug-likeness (QED) is 0.802. The Morgan fingerprint density at radius 2 is 1.96 bits per heavy atom. The molecule has 2 fully saturated rings. The van der Waals surface area contributed by atoms with E-state index >= 15 is 0 Å². The van der Waals surface area contributed by atoms with Crippen molar-refractivity contribution in [3.8, 4) is 5.75 Å². The Hall–Kier alpha value is -1.67. The lowest BCUT2D eigenvalue weighted by atomic mass is 10.0. The third-order valence-electron chi connectivity index (χ3n) is 4.80. The van der Waals surface area contributed by atoms with Crippen molar-refractivity contribution in [2.45, 2.75) is 37.5 Å². The molecule has 2 bridgehead atoms. The molecule has 0 unspecified atom stereocenters. The minimum absolute atomic E-state index is 0.0560. The standard InChI is InChI=1S/C16H15Cl2F3N2O3/c17-8-2-10(14(25)11(18)3-8)15(26)22-12-4-9-1-7(12)6-23(9)13(24)5-16(19,20)21/h2-3,7,9,12,25H,1,4-6H2,(H,22,26)/t7-,9-,12-/m1/s1. The van der Waals surface area contributed by atoms with Gasteiger partial charge in [0.15, 0.2) is 0 Å². The van der Waals surface area contributed by atoms with Crippen molar-refractivity contribution in [1.29, 1.82) is 0 Å². The Morgan fingerprint density at radius 1 is 1.27 bits per heavy atom. The van der Waals surface area contributed by atoms with Crippen molar-refractivity contribution in [2.24, 2.45) is 5.92 Å². The molecule has 0 radical (unpaired) electrons. The van der Waals surface area contributed by atoms with E-state index in [2.05, 4.69) is 5.32 Å². The highest BCUT2D eigenvalue weighted by atomic mass is 35.5. The van der Waals surface area contributed by atoms with E-state index in [0.29, 0.717) is 12.8 Å². The molecule has 2 aliphatic rings. The number of nitrogens with one attached hydrogen (secondary N) is 1. The van der Waals surface area contributed by atoms with Crippen LogP contribution in [-0.2, 0) is 4.79 Å². The van der Waals surface area contributed by atoms with Gasteiger partial charge in [0.1, 0.15) is 12.2 Å². The second kappa shape index (κ2) is 6.81. The van der Waals surface area contributed by atoms with Crippen LogP contribution >= 0.6 is 23.2 Å². The van der Waals surface area contributed by atoms with Gasteiger partial charge in [-0.15, -0.1) is 0 Å². The Kier molecular flexibility index (Phi) is 5.00. The Bertz CT molecular complexity index is 757. The summed E-state index contributed by atoms with van der Waals surface area (Å²) in [5.74, 6) is -2.02. The predicted molar refractivity (Wildman–Crippen MR) is 88.3 cm³/mol. The van der Waals surface area contributed by atoms with Crippen molar-refractivity contribution < 1.29 is 27.9 Å². The Labute approximate surface area is 157 Å². The first kappa shape index (κ1) is 19.1. The number of halogens is 5. The molecule has 1 aromatic carbocycles. The fourth-order valence-corrected chi connectivity index (χ4v) is 4.19. The Balaban J connectivity index is 1.63. The molecule has 1 saturated carbocycles. The van der Waals surface area contributed by atoms with Gasteiger partial charge >= 0.3 is 6.18 Å². The lowest BCUT2D eigenvalue weighted by Gasteiger charge is -2.32. The SMILES string of the molecule is O=C(N[C@@H]1C[C@H]2C[C@@H]1CN2C(=O)CC(F)(F)F)c1cc(Cl)cc(Cl)c1O. The van der Waals surface area contributed by atoms with Crippen LogP contribution in [0.1, 0.15) is 29.6 Å². The molecule has 3 rings (SSSR count). The molecule has 1 aliphatic carbocycles. The van der Waals surface area contributed by atoms with Gasteiger partial charge in [0.25, 0.3) is 5.91 Å². The fraction of sp³-hybridized carbons (Fsp3) is 0.500. The van der Waals surface area contributed by atoms with Crippen LogP contribution in [-0.4, -0.2) is 46.6 Å². The average molecular weight is 411 g/mol. The summed E-state index contributed by atoms with van der Waals surface area (Å²) < 4.78 is 37.2. The zero-order chi connectivity index (χ0) is 19.2. The van der Waals surface area contributed by atoms with Gasteiger partial charge in [-0.2, -0.15) is 13.2 Å². The number of phenolic OH excluding ortho intramolecular Hbond substituents is 1. The number of piperidine rings is 1. The number of aromatic hydroxyl groups is 1. The first-order valence-electron chi connectivity index (χ1n) is 7.90. The lowest BCUT2D eigenvalue weighted by molar-refractivity contribution is -0.162. The summed E-state index contributed by atoms with van der Waals surface area (Å²) in [5, 5.41) is 12.8. The van der Waals surface area contributed by atoms with E-state index in [9.17, 15) is 27.9 Å². The monoisotopic (exact) mass is 410 g/mol. The molecule has 2 amide bonds. The van der Waals surface area contributed by atoms with Crippen molar-refractivity contribution in [3.63, 3.8) is 0 Å². The number of carbonyl (C=O) groups is 2. The topological polar surface area (TPSA) is 69.6 Å². The van der Waals surface area contributed by atoms with E-state index in [0.717, 1.165) is 0 Å². The van der Waals surface area contributed by atoms with Crippen molar-refractivity contribution >= 4 is 35.0 Å². The molecule has 1 aromatic rings. The summed E-state index contributed by atoms with van der Waals surface area (Å²) in [4.78, 5) is 25.4. The summed E-state index contributed by atoms with van der Waals surface area (Å²) in [6.45, 7) is 0.173. The summed E-state index contributed by atoms with van der Waals surface area (Å²) >= 11 is 11.6. The zero-order valence-electron chi connectivity index (χ0n) is 13.3. The van der Waals surface area contributed by atoms with Crippen molar-refractivity contribution in [2.75, 3.05) is 6.54 Å². The highest BCUT2D eigenvalue weighted by molar-refractivity contribution is 6.36. The molecular formula is C16H15Cl2F3N2O3. The van der Waals surface area contributed by atoms with Crippen molar-refractivity contribution in [3.05, 3.63) is 27.7 Å². The van der Waals surface area contributed by atoms with Gasteiger partial charge in [0.2, 0.25) is 5.91 Å². The number of rotatable bonds is 3. The molecule has 10 heteroatoms. The summed E-state index contributed by atoms with van der Waals surface area (Å²) in [6, 6.07) is 1.97. The summed E-state index contributed by atoms with van der Waals surface area (Å²) in [5.41, 5.74) is -0.0738. The number of benzene rings is 1. The van der Waals surface area contributed by atoms with Gasteiger partial charge in [0.05, 0.1) is 10.6 Å². The highest BCUT2D eigenvalue weighted by Crippen LogP contribution is 2.39. The third-order valence-corrected chi connectivity index (χ3v) is 5.31. The molecular weight excluding hydrogens is 396 g/mol. The van der Waals surface area contributed by atoms with Crippen LogP contribution in [0.3, 0.4) is 0 Å². The number of nitrogens with zero attached hydrogens (tertiary/aromatic N) is 1. The minimum Gasteiger partial charge on any atom is -0.506 e. The van der Waals surface area contributed by atoms with E-state index in [1.54, 1.807) is 0 Å². The van der Waals surface area contributed by atoms with Crippen LogP contribution in [0.25, 0.3) is 0 Å². The van der Waals surface area contributed by atoms with E-state index in [1.165, 1.54) is 17.0 Å². The maximum atomic E-state index is 12.4. The zero-order valence-corrected chi connectivity index (χ0v) is 14.8. The van der Waals surface area contributed by atoms with Crippen LogP contribution in [0.5, 0.6) is 5.75 Å². The Morgan fingerprint density at radius 3 is 2.54 bits per heavy atom. The molecule has 0 aromatic heterocycles. The third kappa shape index (κ3) is 3.86. The molecule has 1 heterocycles. The molecule has 1 aliphatic heterocycles. The number of amides is 2. The fourth-order valence-electron chi connectivity index (χ4n) is 3.69. The van der Waals surface area contributed by atoms with Gasteiger partial charge in [-0.05, 0) is 30.9 Å². The number of carbonyl (C=O) groups excluding carboxylic acids is 2. The maximum absolute atomic E-state index is 12.4.